The summed E-state index contributed by atoms with van der Waals surface area (Å²) in [6.45, 7) is 3.54. The summed E-state index contributed by atoms with van der Waals surface area (Å²) in [5, 5.41) is 20.1. The lowest BCUT2D eigenvalue weighted by Gasteiger charge is -2.24. The largest absolute Gasteiger partial charge is 0.512 e. The number of phenols is 1. The van der Waals surface area contributed by atoms with E-state index in [-0.39, 0.29) is 23.2 Å². The number of ether oxygens (including phenoxy) is 1. The van der Waals surface area contributed by atoms with Gasteiger partial charge in [-0.25, -0.2) is 0 Å². The lowest BCUT2D eigenvalue weighted by molar-refractivity contribution is -0.117. The second kappa shape index (κ2) is 6.75. The van der Waals surface area contributed by atoms with Crippen LogP contribution in [0.25, 0.3) is 5.57 Å². The van der Waals surface area contributed by atoms with Gasteiger partial charge in [-0.15, -0.1) is 0 Å². The summed E-state index contributed by atoms with van der Waals surface area (Å²) in [5.74, 6) is 0.680. The zero-order valence-electron chi connectivity index (χ0n) is 13.5. The minimum Gasteiger partial charge on any atom is -0.512 e. The van der Waals surface area contributed by atoms with Crippen molar-refractivity contribution in [2.24, 2.45) is 11.8 Å². The zero-order chi connectivity index (χ0) is 16.4. The summed E-state index contributed by atoms with van der Waals surface area (Å²) in [6.07, 6.45) is 3.98. The van der Waals surface area contributed by atoms with Gasteiger partial charge in [0.25, 0.3) is 0 Å². The average molecular weight is 316 g/mol. The number of aliphatic hydroxyl groups excluding tert-OH is 1. The van der Waals surface area contributed by atoms with Gasteiger partial charge in [-0.1, -0.05) is 13.0 Å². The average Bonchev–Trinajstić information content (AvgIpc) is 2.82. The van der Waals surface area contributed by atoms with E-state index in [2.05, 4.69) is 0 Å². The SMILES string of the molecule is CCc1ccc(O)cc1C1=C(O)CC(CC2CCOCC2)C1=O. The molecule has 0 aromatic heterocycles. The molecule has 1 aromatic carbocycles. The number of ketones is 1. The van der Waals surface area contributed by atoms with Crippen LogP contribution in [0, 0.1) is 11.8 Å². The lowest BCUT2D eigenvalue weighted by atomic mass is 9.85. The van der Waals surface area contributed by atoms with Crippen LogP contribution in [0.3, 0.4) is 0 Å². The molecule has 1 fully saturated rings. The molecular weight excluding hydrogens is 292 g/mol. The number of aliphatic hydroxyl groups is 1. The van der Waals surface area contributed by atoms with E-state index in [4.69, 9.17) is 4.74 Å². The first-order valence-corrected chi connectivity index (χ1v) is 8.46. The molecule has 2 N–H and O–H groups in total. The van der Waals surface area contributed by atoms with Crippen LogP contribution < -0.4 is 0 Å². The first-order chi connectivity index (χ1) is 11.1. The van der Waals surface area contributed by atoms with Crippen molar-refractivity contribution in [3.8, 4) is 5.75 Å². The fourth-order valence-corrected chi connectivity index (χ4v) is 3.74. The third kappa shape index (κ3) is 3.27. The van der Waals surface area contributed by atoms with E-state index >= 15 is 0 Å². The first-order valence-electron chi connectivity index (χ1n) is 8.46. The molecule has 1 aromatic rings. The van der Waals surface area contributed by atoms with Crippen molar-refractivity contribution >= 4 is 11.4 Å². The van der Waals surface area contributed by atoms with E-state index in [0.29, 0.717) is 23.5 Å². The number of rotatable bonds is 4. The van der Waals surface area contributed by atoms with Crippen LogP contribution in [0.4, 0.5) is 0 Å². The number of hydrogen-bond acceptors (Lipinski definition) is 4. The van der Waals surface area contributed by atoms with E-state index in [1.54, 1.807) is 12.1 Å². The van der Waals surface area contributed by atoms with Crippen molar-refractivity contribution in [1.29, 1.82) is 0 Å². The highest BCUT2D eigenvalue weighted by atomic mass is 16.5. The predicted octanol–water partition coefficient (Wildman–Crippen LogP) is 3.63. The Hall–Kier alpha value is -1.81. The molecule has 0 amide bonds. The molecule has 0 bridgehead atoms. The molecule has 0 saturated carbocycles. The number of allylic oxidation sites excluding steroid dienone is 2. The van der Waals surface area contributed by atoms with Gasteiger partial charge in [0.2, 0.25) is 0 Å². The monoisotopic (exact) mass is 316 g/mol. The van der Waals surface area contributed by atoms with Crippen molar-refractivity contribution in [1.82, 2.24) is 0 Å². The number of phenolic OH excluding ortho intramolecular Hbond substituents is 1. The molecule has 1 aliphatic heterocycles. The third-order valence-electron chi connectivity index (χ3n) is 5.05. The molecule has 4 heteroatoms. The number of hydrogen-bond donors (Lipinski definition) is 2. The Morgan fingerprint density at radius 2 is 1.96 bits per heavy atom. The maximum absolute atomic E-state index is 12.8. The van der Waals surface area contributed by atoms with Crippen molar-refractivity contribution in [2.75, 3.05) is 13.2 Å². The minimum absolute atomic E-state index is 0.0225. The number of benzene rings is 1. The van der Waals surface area contributed by atoms with Crippen molar-refractivity contribution in [3.05, 3.63) is 35.1 Å². The molecule has 1 aliphatic carbocycles. The summed E-state index contributed by atoms with van der Waals surface area (Å²) in [4.78, 5) is 12.8. The number of carbonyl (C=O) groups excluding carboxylic acids is 1. The summed E-state index contributed by atoms with van der Waals surface area (Å²) in [6, 6.07) is 5.04. The van der Waals surface area contributed by atoms with Crippen LogP contribution in [-0.4, -0.2) is 29.2 Å². The quantitative estimate of drug-likeness (QED) is 0.890. The van der Waals surface area contributed by atoms with E-state index in [1.807, 2.05) is 13.0 Å². The van der Waals surface area contributed by atoms with E-state index in [9.17, 15) is 15.0 Å². The molecule has 4 nitrogen and oxygen atoms in total. The maximum atomic E-state index is 12.8. The van der Waals surface area contributed by atoms with Crippen LogP contribution in [0.5, 0.6) is 5.75 Å². The molecule has 2 aliphatic rings. The summed E-state index contributed by atoms with van der Waals surface area (Å²) >= 11 is 0. The van der Waals surface area contributed by atoms with Crippen LogP contribution in [0.1, 0.15) is 43.7 Å². The van der Waals surface area contributed by atoms with Crippen molar-refractivity contribution in [3.63, 3.8) is 0 Å². The molecule has 1 atom stereocenters. The van der Waals surface area contributed by atoms with Gasteiger partial charge in [0.15, 0.2) is 5.78 Å². The number of Topliss-reactive ketones (excluding diaryl/α,β-unsaturated/α-hetero) is 1. The van der Waals surface area contributed by atoms with Gasteiger partial charge in [-0.05, 0) is 54.9 Å². The normalized spacial score (nSPS) is 22.8. The van der Waals surface area contributed by atoms with Gasteiger partial charge >= 0.3 is 0 Å². The Morgan fingerprint density at radius 3 is 2.65 bits per heavy atom. The van der Waals surface area contributed by atoms with Crippen LogP contribution >= 0.6 is 0 Å². The van der Waals surface area contributed by atoms with Crippen LogP contribution in [0.15, 0.2) is 24.0 Å². The van der Waals surface area contributed by atoms with Gasteiger partial charge in [0.05, 0.1) is 5.57 Å². The summed E-state index contributed by atoms with van der Waals surface area (Å²) in [5.41, 5.74) is 2.07. The van der Waals surface area contributed by atoms with Crippen LogP contribution in [0.2, 0.25) is 0 Å². The second-order valence-corrected chi connectivity index (χ2v) is 6.57. The Labute approximate surface area is 136 Å². The Morgan fingerprint density at radius 1 is 1.22 bits per heavy atom. The Kier molecular flexibility index (Phi) is 4.71. The van der Waals surface area contributed by atoms with Gasteiger partial charge in [-0.3, -0.25) is 4.79 Å². The molecule has 0 radical (unpaired) electrons. The number of aromatic hydroxyl groups is 1. The number of aryl methyl sites for hydroxylation is 1. The van der Waals surface area contributed by atoms with Gasteiger partial charge < -0.3 is 14.9 Å². The summed E-state index contributed by atoms with van der Waals surface area (Å²) in [7, 11) is 0. The smallest absolute Gasteiger partial charge is 0.170 e. The fourth-order valence-electron chi connectivity index (χ4n) is 3.74. The van der Waals surface area contributed by atoms with Gasteiger partial charge in [-0.2, -0.15) is 0 Å². The molecule has 3 rings (SSSR count). The Balaban J connectivity index is 1.82. The van der Waals surface area contributed by atoms with E-state index in [0.717, 1.165) is 44.5 Å². The third-order valence-corrected chi connectivity index (χ3v) is 5.05. The highest BCUT2D eigenvalue weighted by molar-refractivity contribution is 6.24. The van der Waals surface area contributed by atoms with Crippen molar-refractivity contribution < 1.29 is 19.7 Å². The fraction of sp³-hybridized carbons (Fsp3) is 0.526. The molecule has 124 valence electrons. The minimum atomic E-state index is -0.139. The molecule has 1 unspecified atom stereocenters. The lowest BCUT2D eigenvalue weighted by Crippen LogP contribution is -2.21. The van der Waals surface area contributed by atoms with Crippen LogP contribution in [-0.2, 0) is 16.0 Å². The second-order valence-electron chi connectivity index (χ2n) is 6.57. The predicted molar refractivity (Wildman–Crippen MR) is 88.3 cm³/mol. The van der Waals surface area contributed by atoms with Gasteiger partial charge in [0.1, 0.15) is 11.5 Å². The Bertz CT molecular complexity index is 626. The van der Waals surface area contributed by atoms with Gasteiger partial charge in [0, 0.05) is 25.6 Å². The summed E-state index contributed by atoms with van der Waals surface area (Å²) < 4.78 is 5.37. The van der Waals surface area contributed by atoms with Crippen molar-refractivity contribution in [2.45, 2.75) is 39.0 Å². The highest BCUT2D eigenvalue weighted by Crippen LogP contribution is 2.40. The first kappa shape index (κ1) is 16.1. The molecule has 1 heterocycles. The number of carbonyl (C=O) groups is 1. The standard InChI is InChI=1S/C19H24O4/c1-2-13-3-4-15(20)11-16(13)18-17(21)10-14(19(18)22)9-12-5-7-23-8-6-12/h3-4,11-12,14,20-21H,2,5-10H2,1H3. The van der Waals surface area contributed by atoms with E-state index in [1.165, 1.54) is 0 Å². The zero-order valence-corrected chi connectivity index (χ0v) is 13.5. The van der Waals surface area contributed by atoms with E-state index < -0.39 is 0 Å². The maximum Gasteiger partial charge on any atom is 0.170 e. The molecular formula is C19H24O4. The molecule has 23 heavy (non-hydrogen) atoms. The highest BCUT2D eigenvalue weighted by Gasteiger charge is 2.36. The topological polar surface area (TPSA) is 66.8 Å². The molecule has 1 saturated heterocycles. The molecule has 0 spiro atoms.